The molecule has 0 aliphatic carbocycles. The summed E-state index contributed by atoms with van der Waals surface area (Å²) in [6, 6.07) is 11.1. The second-order valence-corrected chi connectivity index (χ2v) is 6.38. The highest BCUT2D eigenvalue weighted by molar-refractivity contribution is 6.22. The van der Waals surface area contributed by atoms with E-state index in [4.69, 9.17) is 0 Å². The van der Waals surface area contributed by atoms with Crippen molar-refractivity contribution in [2.75, 3.05) is 7.05 Å². The van der Waals surface area contributed by atoms with Crippen molar-refractivity contribution in [3.05, 3.63) is 71.0 Å². The van der Waals surface area contributed by atoms with Crippen molar-refractivity contribution in [3.63, 3.8) is 0 Å². The number of amides is 3. The van der Waals surface area contributed by atoms with Crippen LogP contribution in [0.15, 0.2) is 48.5 Å². The van der Waals surface area contributed by atoms with Gasteiger partial charge in [-0.25, -0.2) is 4.39 Å². The molecule has 2 aromatic rings. The zero-order valence-corrected chi connectivity index (χ0v) is 14.8. The quantitative estimate of drug-likeness (QED) is 0.793. The van der Waals surface area contributed by atoms with Gasteiger partial charge < -0.3 is 4.90 Å². The van der Waals surface area contributed by atoms with Crippen molar-refractivity contribution in [2.24, 2.45) is 0 Å². The summed E-state index contributed by atoms with van der Waals surface area (Å²) in [7, 11) is 1.60. The molecule has 0 fully saturated rings. The summed E-state index contributed by atoms with van der Waals surface area (Å²) in [5.74, 6) is -1.64. The SMILES string of the molecule is CC(c1ccc(F)cc1)N(C)C(=O)C(C)N1C(=O)c2ccccc2C1=O. The molecule has 0 saturated carbocycles. The maximum absolute atomic E-state index is 13.1. The molecule has 0 N–H and O–H groups in total. The number of hydrogen-bond donors (Lipinski definition) is 0. The van der Waals surface area contributed by atoms with Gasteiger partial charge >= 0.3 is 0 Å². The Balaban J connectivity index is 1.80. The number of carbonyl (C=O) groups excluding carboxylic acids is 3. The lowest BCUT2D eigenvalue weighted by Gasteiger charge is -2.31. The van der Waals surface area contributed by atoms with Crippen LogP contribution in [0.25, 0.3) is 0 Å². The summed E-state index contributed by atoms with van der Waals surface area (Å²) in [6.07, 6.45) is 0. The number of benzene rings is 2. The zero-order chi connectivity index (χ0) is 19.0. The number of carbonyl (C=O) groups is 3. The maximum Gasteiger partial charge on any atom is 0.262 e. The summed E-state index contributed by atoms with van der Waals surface area (Å²) >= 11 is 0. The van der Waals surface area contributed by atoms with Crippen LogP contribution in [0.4, 0.5) is 4.39 Å². The Labute approximate surface area is 151 Å². The Hall–Kier alpha value is -3.02. The average Bonchev–Trinajstić information content (AvgIpc) is 2.91. The molecular weight excluding hydrogens is 335 g/mol. The van der Waals surface area contributed by atoms with E-state index in [1.807, 2.05) is 0 Å². The first-order chi connectivity index (χ1) is 12.3. The Morgan fingerprint density at radius 3 is 1.96 bits per heavy atom. The van der Waals surface area contributed by atoms with Crippen molar-refractivity contribution in [1.29, 1.82) is 0 Å². The van der Waals surface area contributed by atoms with Crippen LogP contribution in [0.1, 0.15) is 46.2 Å². The predicted octanol–water partition coefficient (Wildman–Crippen LogP) is 3.03. The molecule has 1 aliphatic heterocycles. The van der Waals surface area contributed by atoms with Crippen LogP contribution in [0.5, 0.6) is 0 Å². The van der Waals surface area contributed by atoms with Gasteiger partial charge in [0.15, 0.2) is 0 Å². The normalized spacial score (nSPS) is 15.6. The molecule has 3 rings (SSSR count). The largest absolute Gasteiger partial charge is 0.337 e. The van der Waals surface area contributed by atoms with E-state index in [9.17, 15) is 18.8 Å². The number of nitrogens with zero attached hydrogens (tertiary/aromatic N) is 2. The van der Waals surface area contributed by atoms with E-state index >= 15 is 0 Å². The molecule has 2 unspecified atom stereocenters. The van der Waals surface area contributed by atoms with Gasteiger partial charge in [-0.05, 0) is 43.7 Å². The third-order valence-electron chi connectivity index (χ3n) is 4.85. The second-order valence-electron chi connectivity index (χ2n) is 6.38. The lowest BCUT2D eigenvalue weighted by atomic mass is 10.1. The maximum atomic E-state index is 13.1. The average molecular weight is 354 g/mol. The van der Waals surface area contributed by atoms with Crippen LogP contribution >= 0.6 is 0 Å². The molecule has 0 radical (unpaired) electrons. The molecule has 1 heterocycles. The minimum absolute atomic E-state index is 0.311. The number of imide groups is 1. The van der Waals surface area contributed by atoms with Crippen molar-refractivity contribution >= 4 is 17.7 Å². The number of rotatable bonds is 4. The summed E-state index contributed by atoms with van der Waals surface area (Å²) in [5.41, 5.74) is 1.38. The Bertz CT molecular complexity index is 844. The summed E-state index contributed by atoms with van der Waals surface area (Å²) in [6.45, 7) is 3.35. The molecular formula is C20H19FN2O3. The minimum atomic E-state index is -0.935. The monoisotopic (exact) mass is 354 g/mol. The van der Waals surface area contributed by atoms with Gasteiger partial charge in [0.1, 0.15) is 11.9 Å². The van der Waals surface area contributed by atoms with Gasteiger partial charge in [-0.3, -0.25) is 19.3 Å². The summed E-state index contributed by atoms with van der Waals surface area (Å²) in [4.78, 5) is 40.4. The first-order valence-corrected chi connectivity index (χ1v) is 8.32. The van der Waals surface area contributed by atoms with Crippen LogP contribution in [0.3, 0.4) is 0 Å². The molecule has 134 valence electrons. The van der Waals surface area contributed by atoms with Gasteiger partial charge in [0, 0.05) is 7.05 Å². The molecule has 26 heavy (non-hydrogen) atoms. The summed E-state index contributed by atoms with van der Waals surface area (Å²) < 4.78 is 13.1. The Morgan fingerprint density at radius 1 is 0.962 bits per heavy atom. The second kappa shape index (κ2) is 6.71. The number of likely N-dealkylation sites (N-methyl/N-ethyl adjacent to an activating group) is 1. The predicted molar refractivity (Wildman–Crippen MR) is 94.0 cm³/mol. The third kappa shape index (κ3) is 2.87. The van der Waals surface area contributed by atoms with Crippen LogP contribution in [0.2, 0.25) is 0 Å². The van der Waals surface area contributed by atoms with Gasteiger partial charge in [-0.2, -0.15) is 0 Å². The fourth-order valence-corrected chi connectivity index (χ4v) is 3.12. The molecule has 5 nitrogen and oxygen atoms in total. The smallest absolute Gasteiger partial charge is 0.262 e. The minimum Gasteiger partial charge on any atom is -0.337 e. The highest BCUT2D eigenvalue weighted by Gasteiger charge is 2.41. The Morgan fingerprint density at radius 2 is 1.46 bits per heavy atom. The molecule has 2 atom stereocenters. The van der Waals surface area contributed by atoms with Crippen LogP contribution in [0, 0.1) is 5.82 Å². The number of hydrogen-bond acceptors (Lipinski definition) is 3. The van der Waals surface area contributed by atoms with Gasteiger partial charge in [-0.15, -0.1) is 0 Å². The number of fused-ring (bicyclic) bond motifs is 1. The standard InChI is InChI=1S/C20H19FN2O3/c1-12(14-8-10-15(21)11-9-14)22(3)18(24)13(2)23-19(25)16-6-4-5-7-17(16)20(23)26/h4-13H,1-3H3. The zero-order valence-electron chi connectivity index (χ0n) is 14.8. The van der Waals surface area contributed by atoms with Gasteiger partial charge in [0.05, 0.1) is 17.2 Å². The van der Waals surface area contributed by atoms with Crippen molar-refractivity contribution in [2.45, 2.75) is 25.9 Å². The highest BCUT2D eigenvalue weighted by atomic mass is 19.1. The summed E-state index contributed by atoms with van der Waals surface area (Å²) in [5, 5.41) is 0. The molecule has 2 aromatic carbocycles. The molecule has 0 spiro atoms. The van der Waals surface area contributed by atoms with E-state index < -0.39 is 17.9 Å². The van der Waals surface area contributed by atoms with E-state index in [0.717, 1.165) is 10.5 Å². The van der Waals surface area contributed by atoms with Gasteiger partial charge in [0.25, 0.3) is 11.8 Å². The highest BCUT2D eigenvalue weighted by Crippen LogP contribution is 2.26. The van der Waals surface area contributed by atoms with Gasteiger partial charge in [-0.1, -0.05) is 24.3 Å². The van der Waals surface area contributed by atoms with Crippen LogP contribution < -0.4 is 0 Å². The van der Waals surface area contributed by atoms with E-state index in [2.05, 4.69) is 0 Å². The van der Waals surface area contributed by atoms with Gasteiger partial charge in [0.2, 0.25) is 5.91 Å². The molecule has 1 aliphatic rings. The fourth-order valence-electron chi connectivity index (χ4n) is 3.12. The van der Waals surface area contributed by atoms with Crippen molar-refractivity contribution in [3.8, 4) is 0 Å². The molecule has 0 bridgehead atoms. The number of halogens is 1. The van der Waals surface area contributed by atoms with Crippen LogP contribution in [-0.2, 0) is 4.79 Å². The fraction of sp³-hybridized carbons (Fsp3) is 0.250. The van der Waals surface area contributed by atoms with Crippen molar-refractivity contribution < 1.29 is 18.8 Å². The van der Waals surface area contributed by atoms with Crippen molar-refractivity contribution in [1.82, 2.24) is 9.80 Å². The van der Waals surface area contributed by atoms with E-state index in [1.54, 1.807) is 50.4 Å². The van der Waals surface area contributed by atoms with E-state index in [1.165, 1.54) is 24.0 Å². The first-order valence-electron chi connectivity index (χ1n) is 8.32. The third-order valence-corrected chi connectivity index (χ3v) is 4.85. The lowest BCUT2D eigenvalue weighted by molar-refractivity contribution is -0.135. The van der Waals surface area contributed by atoms with Crippen LogP contribution in [-0.4, -0.2) is 40.6 Å². The lowest BCUT2D eigenvalue weighted by Crippen LogP contribution is -2.48. The molecule has 6 heteroatoms. The molecule has 0 saturated heterocycles. The molecule has 3 amide bonds. The van der Waals surface area contributed by atoms with E-state index in [-0.39, 0.29) is 17.8 Å². The molecule has 0 aromatic heterocycles. The topological polar surface area (TPSA) is 57.7 Å². The van der Waals surface area contributed by atoms with E-state index in [0.29, 0.717) is 11.1 Å². The Kier molecular flexibility index (Phi) is 4.59. The first kappa shape index (κ1) is 17.8.